The first-order chi connectivity index (χ1) is 19.5. The molecule has 1 saturated heterocycles. The van der Waals surface area contributed by atoms with Crippen LogP contribution in [0.3, 0.4) is 0 Å². The second kappa shape index (κ2) is 12.9. The number of aromatic amines is 1. The zero-order valence-electron chi connectivity index (χ0n) is 23.8. The Morgan fingerprint density at radius 2 is 1.71 bits per heavy atom. The Kier molecular flexibility index (Phi) is 9.37. The molecule has 1 aromatic heterocycles. The lowest BCUT2D eigenvalue weighted by Gasteiger charge is -2.28. The molecule has 1 fully saturated rings. The van der Waals surface area contributed by atoms with Crippen molar-refractivity contribution in [1.29, 1.82) is 0 Å². The lowest BCUT2D eigenvalue weighted by Crippen LogP contribution is -2.54. The van der Waals surface area contributed by atoms with Gasteiger partial charge in [0.1, 0.15) is 0 Å². The molecule has 0 saturated carbocycles. The molecule has 216 valence electrons. The number of carbonyl (C=O) groups excluding carboxylic acids is 5. The predicted molar refractivity (Wildman–Crippen MR) is 156 cm³/mol. The van der Waals surface area contributed by atoms with E-state index in [0.29, 0.717) is 18.7 Å². The van der Waals surface area contributed by atoms with E-state index in [1.165, 1.54) is 0 Å². The van der Waals surface area contributed by atoms with Crippen LogP contribution in [0.25, 0.3) is 10.9 Å². The third kappa shape index (κ3) is 8.13. The predicted octanol–water partition coefficient (Wildman–Crippen LogP) is 3.48. The number of Topliss-reactive ketones (excluding diaryl/α,β-unsaturated/α-hetero) is 2. The van der Waals surface area contributed by atoms with Gasteiger partial charge < -0.3 is 20.9 Å². The Morgan fingerprint density at radius 1 is 1.00 bits per heavy atom. The summed E-state index contributed by atoms with van der Waals surface area (Å²) in [5.41, 5.74) is 1.41. The minimum Gasteiger partial charge on any atom is -0.356 e. The third-order valence-electron chi connectivity index (χ3n) is 7.22. The normalized spacial score (nSPS) is 16.9. The summed E-state index contributed by atoms with van der Waals surface area (Å²) in [7, 11) is 0. The Bertz CT molecular complexity index is 1390. The first kappa shape index (κ1) is 29.7. The molecule has 41 heavy (non-hydrogen) atoms. The number of ketones is 2. The average Bonchev–Trinajstić information content (AvgIpc) is 3.37. The Labute approximate surface area is 239 Å². The number of hydrogen-bond donors (Lipinski definition) is 4. The van der Waals surface area contributed by atoms with Gasteiger partial charge in [0.05, 0.1) is 11.7 Å². The van der Waals surface area contributed by atoms with Crippen LogP contribution >= 0.6 is 0 Å². The van der Waals surface area contributed by atoms with Crippen molar-refractivity contribution in [2.75, 3.05) is 6.54 Å². The van der Waals surface area contributed by atoms with Crippen LogP contribution in [0, 0.1) is 11.8 Å². The number of fused-ring (bicyclic) bond motifs is 1. The van der Waals surface area contributed by atoms with Crippen LogP contribution in [0.5, 0.6) is 0 Å². The van der Waals surface area contributed by atoms with Crippen molar-refractivity contribution in [1.82, 2.24) is 20.9 Å². The Balaban J connectivity index is 1.57. The maximum Gasteiger partial charge on any atom is 0.290 e. The molecular formula is C32H38N4O5. The number of piperidine rings is 1. The second-order valence-corrected chi connectivity index (χ2v) is 11.8. The number of amides is 3. The number of para-hydroxylation sites is 1. The van der Waals surface area contributed by atoms with E-state index in [2.05, 4.69) is 20.9 Å². The Hall–Kier alpha value is -4.27. The van der Waals surface area contributed by atoms with Crippen molar-refractivity contribution in [2.45, 2.75) is 64.5 Å². The van der Waals surface area contributed by atoms with Gasteiger partial charge in [0.15, 0.2) is 5.78 Å². The molecule has 1 aliphatic heterocycles. The highest BCUT2D eigenvalue weighted by molar-refractivity contribution is 6.38. The molecule has 0 bridgehead atoms. The topological polar surface area (TPSA) is 137 Å². The molecule has 3 amide bonds. The first-order valence-electron chi connectivity index (χ1n) is 14.1. The van der Waals surface area contributed by atoms with Crippen LogP contribution in [0.2, 0.25) is 0 Å². The summed E-state index contributed by atoms with van der Waals surface area (Å²) in [4.78, 5) is 68.9. The summed E-state index contributed by atoms with van der Waals surface area (Å²) >= 11 is 0. The standard InChI is InChI=1S/C32H38N4O5/c1-32(2,3)36-31(41)28(38)26(18-22-13-9-15-33-29(22)39)35-30(40)23(16-20-10-5-4-6-11-20)19-27(37)25-17-21-12-7-8-14-24(21)34-25/h4-8,10-12,14,17,22-23,26,34H,9,13,15-16,18-19H2,1-3H3,(H,33,39)(H,35,40)(H,36,41)/t22-,23+,26-/m0/s1. The molecule has 0 radical (unpaired) electrons. The fourth-order valence-electron chi connectivity index (χ4n) is 5.14. The van der Waals surface area contributed by atoms with Gasteiger partial charge in [-0.05, 0) is 64.2 Å². The second-order valence-electron chi connectivity index (χ2n) is 11.8. The van der Waals surface area contributed by atoms with Crippen molar-refractivity contribution >= 4 is 40.2 Å². The minimum atomic E-state index is -1.21. The molecule has 1 aliphatic rings. The van der Waals surface area contributed by atoms with E-state index in [-0.39, 0.29) is 31.0 Å². The summed E-state index contributed by atoms with van der Waals surface area (Å²) in [5, 5.41) is 9.11. The lowest BCUT2D eigenvalue weighted by molar-refractivity contribution is -0.142. The molecule has 0 spiro atoms. The van der Waals surface area contributed by atoms with Gasteiger partial charge in [0, 0.05) is 41.2 Å². The van der Waals surface area contributed by atoms with Crippen LogP contribution in [0.4, 0.5) is 0 Å². The van der Waals surface area contributed by atoms with E-state index in [1.54, 1.807) is 26.8 Å². The molecular weight excluding hydrogens is 520 g/mol. The van der Waals surface area contributed by atoms with E-state index in [1.807, 2.05) is 54.6 Å². The summed E-state index contributed by atoms with van der Waals surface area (Å²) < 4.78 is 0. The van der Waals surface area contributed by atoms with Gasteiger partial charge in [-0.1, -0.05) is 48.5 Å². The van der Waals surface area contributed by atoms with Gasteiger partial charge in [0.2, 0.25) is 17.6 Å². The van der Waals surface area contributed by atoms with E-state index < -0.39 is 41.0 Å². The first-order valence-corrected chi connectivity index (χ1v) is 14.1. The van der Waals surface area contributed by atoms with Gasteiger partial charge in [-0.25, -0.2) is 0 Å². The third-order valence-corrected chi connectivity index (χ3v) is 7.22. The van der Waals surface area contributed by atoms with Gasteiger partial charge in [-0.15, -0.1) is 0 Å². The highest BCUT2D eigenvalue weighted by atomic mass is 16.2. The number of H-pyrrole nitrogens is 1. The average molecular weight is 559 g/mol. The monoisotopic (exact) mass is 558 g/mol. The van der Waals surface area contributed by atoms with Crippen LogP contribution in [-0.4, -0.2) is 52.4 Å². The molecule has 2 aromatic carbocycles. The molecule has 0 unspecified atom stereocenters. The van der Waals surface area contributed by atoms with Crippen LogP contribution in [0.15, 0.2) is 60.7 Å². The number of aromatic nitrogens is 1. The smallest absolute Gasteiger partial charge is 0.290 e. The Morgan fingerprint density at radius 3 is 2.39 bits per heavy atom. The zero-order chi connectivity index (χ0) is 29.6. The quantitative estimate of drug-likeness (QED) is 0.211. The SMILES string of the molecule is CC(C)(C)NC(=O)C(=O)[C@H](C[C@@H]1CCCNC1=O)NC(=O)[C@@H](CC(=O)c1cc2ccccc2[nH]1)Cc1ccccc1. The minimum absolute atomic E-state index is 0.00197. The molecule has 3 atom stereocenters. The van der Waals surface area contributed by atoms with E-state index in [9.17, 15) is 24.0 Å². The van der Waals surface area contributed by atoms with Crippen LogP contribution in [-0.2, 0) is 25.6 Å². The van der Waals surface area contributed by atoms with Crippen molar-refractivity contribution in [3.05, 3.63) is 71.9 Å². The summed E-state index contributed by atoms with van der Waals surface area (Å²) in [6.45, 7) is 5.82. The maximum absolute atomic E-state index is 13.8. The van der Waals surface area contributed by atoms with E-state index >= 15 is 0 Å². The lowest BCUT2D eigenvalue weighted by atomic mass is 9.88. The number of nitrogens with one attached hydrogen (secondary N) is 4. The highest BCUT2D eigenvalue weighted by Gasteiger charge is 2.36. The van der Waals surface area contributed by atoms with Crippen molar-refractivity contribution in [2.24, 2.45) is 11.8 Å². The largest absolute Gasteiger partial charge is 0.356 e. The van der Waals surface area contributed by atoms with Gasteiger partial charge in [-0.2, -0.15) is 0 Å². The van der Waals surface area contributed by atoms with E-state index in [4.69, 9.17) is 0 Å². The summed E-state index contributed by atoms with van der Waals surface area (Å²) in [6, 6.07) is 17.4. The molecule has 9 heteroatoms. The van der Waals surface area contributed by atoms with E-state index in [0.717, 1.165) is 22.9 Å². The summed E-state index contributed by atoms with van der Waals surface area (Å²) in [5.74, 6) is -3.92. The molecule has 4 N–H and O–H groups in total. The fraction of sp³-hybridized carbons (Fsp3) is 0.406. The number of rotatable bonds is 11. The number of benzene rings is 2. The zero-order valence-corrected chi connectivity index (χ0v) is 23.8. The molecule has 4 rings (SSSR count). The van der Waals surface area contributed by atoms with Crippen molar-refractivity contribution in [3.63, 3.8) is 0 Å². The number of carbonyl (C=O) groups is 5. The molecule has 3 aromatic rings. The van der Waals surface area contributed by atoms with Gasteiger partial charge >= 0.3 is 0 Å². The highest BCUT2D eigenvalue weighted by Crippen LogP contribution is 2.22. The fourth-order valence-corrected chi connectivity index (χ4v) is 5.14. The van der Waals surface area contributed by atoms with Crippen molar-refractivity contribution in [3.8, 4) is 0 Å². The van der Waals surface area contributed by atoms with Gasteiger partial charge in [0.25, 0.3) is 5.91 Å². The van der Waals surface area contributed by atoms with Crippen LogP contribution < -0.4 is 16.0 Å². The van der Waals surface area contributed by atoms with Crippen molar-refractivity contribution < 1.29 is 24.0 Å². The summed E-state index contributed by atoms with van der Waals surface area (Å²) in [6.07, 6.45) is 1.46. The molecule has 2 heterocycles. The maximum atomic E-state index is 13.8. The molecule has 0 aliphatic carbocycles. The van der Waals surface area contributed by atoms with Crippen LogP contribution in [0.1, 0.15) is 62.5 Å². The molecule has 9 nitrogen and oxygen atoms in total. The van der Waals surface area contributed by atoms with Gasteiger partial charge in [-0.3, -0.25) is 24.0 Å². The number of hydrogen-bond acceptors (Lipinski definition) is 5.